The summed E-state index contributed by atoms with van der Waals surface area (Å²) in [4.78, 5) is 20.8. The fraction of sp³-hybridized carbons (Fsp3) is 0.882. The molecule has 0 saturated carbocycles. The van der Waals surface area contributed by atoms with Gasteiger partial charge < -0.3 is 25.2 Å². The topological polar surface area (TPSA) is 126 Å². The minimum Gasteiger partial charge on any atom is -0.852 e. The molecule has 0 aromatic heterocycles. The molecule has 0 bridgehead atoms. The van der Waals surface area contributed by atoms with Crippen LogP contribution in [0.4, 0.5) is 0 Å². The average molecular weight is 426 g/mol. The molecule has 0 radical (unpaired) electrons. The van der Waals surface area contributed by atoms with Crippen LogP contribution in [0.5, 0.6) is 0 Å². The second kappa shape index (κ2) is 20.9. The van der Waals surface area contributed by atoms with Crippen molar-refractivity contribution in [2.75, 3.05) is 0 Å². The number of aliphatic carboxylic acids is 1. The monoisotopic (exact) mass is 424 g/mol. The smallest absolute Gasteiger partial charge is 0.852 e. The van der Waals surface area contributed by atoms with E-state index in [0.717, 1.165) is 0 Å². The van der Waals surface area contributed by atoms with E-state index in [1.54, 1.807) is 41.5 Å². The minimum absolute atomic E-state index is 0. The van der Waals surface area contributed by atoms with Crippen molar-refractivity contribution in [2.24, 2.45) is 5.41 Å². The van der Waals surface area contributed by atoms with Crippen molar-refractivity contribution in [3.05, 3.63) is 0 Å². The van der Waals surface area contributed by atoms with Crippen LogP contribution < -0.4 is 20.4 Å². The SMILES string of the molecule is CC(C)(C)CC(=O)CC(=O)[O-].CC(C)[O-].CC(C)[O-].CC(C)[O-].[Zr+4]. The number of hydrogen-bond acceptors (Lipinski definition) is 6. The number of carbonyl (C=O) groups excluding carboxylic acids is 2. The predicted octanol–water partition coefficient (Wildman–Crippen LogP) is -0.605. The van der Waals surface area contributed by atoms with Crippen molar-refractivity contribution in [3.8, 4) is 0 Å². The molecule has 0 amide bonds. The fourth-order valence-corrected chi connectivity index (χ4v) is 0.815. The summed E-state index contributed by atoms with van der Waals surface area (Å²) >= 11 is 0. The minimum atomic E-state index is -1.29. The van der Waals surface area contributed by atoms with E-state index < -0.39 is 30.7 Å². The molecule has 24 heavy (non-hydrogen) atoms. The summed E-state index contributed by atoms with van der Waals surface area (Å²) in [5.74, 6) is -1.56. The van der Waals surface area contributed by atoms with Crippen LogP contribution in [0.1, 0.15) is 75.2 Å². The molecule has 0 rings (SSSR count). The fourth-order valence-electron chi connectivity index (χ4n) is 0.815. The molecule has 0 aromatic rings. The normalized spacial score (nSPS) is 9.62. The van der Waals surface area contributed by atoms with Crippen molar-refractivity contribution in [1.82, 2.24) is 0 Å². The Morgan fingerprint density at radius 1 is 0.792 bits per heavy atom. The molecule has 7 heteroatoms. The van der Waals surface area contributed by atoms with Crippen LogP contribution in [-0.2, 0) is 35.8 Å². The molecule has 0 N–H and O–H groups in total. The van der Waals surface area contributed by atoms with Gasteiger partial charge >= 0.3 is 26.2 Å². The van der Waals surface area contributed by atoms with Gasteiger partial charge in [-0.25, -0.2) is 0 Å². The van der Waals surface area contributed by atoms with E-state index in [-0.39, 0.29) is 37.4 Å². The quantitative estimate of drug-likeness (QED) is 0.555. The zero-order valence-electron chi connectivity index (χ0n) is 16.6. The summed E-state index contributed by atoms with van der Waals surface area (Å²) in [6, 6.07) is 0. The standard InChI is InChI=1S/C8H14O3.3C3H7O.Zr/c1-8(2,3)5-6(9)4-7(10)11;3*1-3(2)4;/h4-5H2,1-3H3,(H,10,11);3*3H,1-2H3;/q;3*-1;+4/p-1. The summed E-state index contributed by atoms with van der Waals surface area (Å²) < 4.78 is 0. The van der Waals surface area contributed by atoms with Gasteiger partial charge in [0.1, 0.15) is 5.78 Å². The number of rotatable bonds is 3. The molecule has 0 aliphatic heterocycles. The van der Waals surface area contributed by atoms with E-state index in [0.29, 0.717) is 6.42 Å². The molecule has 0 atom stereocenters. The van der Waals surface area contributed by atoms with E-state index in [2.05, 4.69) is 0 Å². The summed E-state index contributed by atoms with van der Waals surface area (Å²) in [5.41, 5.74) is -0.132. The molecule has 0 heterocycles. The van der Waals surface area contributed by atoms with Gasteiger partial charge in [0.2, 0.25) is 0 Å². The Balaban J connectivity index is -0.0000000772. The van der Waals surface area contributed by atoms with Gasteiger partial charge in [-0.15, -0.1) is 18.3 Å². The summed E-state index contributed by atoms with van der Waals surface area (Å²) in [5, 5.41) is 38.5. The third-order valence-electron chi connectivity index (χ3n) is 1.07. The van der Waals surface area contributed by atoms with Gasteiger partial charge in [-0.2, -0.15) is 0 Å². The number of carbonyl (C=O) groups is 2. The summed E-state index contributed by atoms with van der Waals surface area (Å²) in [7, 11) is 0. The molecule has 0 saturated heterocycles. The third-order valence-corrected chi connectivity index (χ3v) is 1.07. The zero-order chi connectivity index (χ0) is 19.8. The number of carboxylic acid groups (broad SMARTS) is 1. The summed E-state index contributed by atoms with van der Waals surface area (Å²) in [6.45, 7) is 15.3. The zero-order valence-corrected chi connectivity index (χ0v) is 19.1. The maximum Gasteiger partial charge on any atom is 4.00 e. The maximum atomic E-state index is 10.8. The second-order valence-corrected chi connectivity index (χ2v) is 6.97. The predicted molar refractivity (Wildman–Crippen MR) is 84.1 cm³/mol. The largest absolute Gasteiger partial charge is 4.00 e. The van der Waals surface area contributed by atoms with E-state index >= 15 is 0 Å². The van der Waals surface area contributed by atoms with Crippen LogP contribution in [0.3, 0.4) is 0 Å². The van der Waals surface area contributed by atoms with Gasteiger partial charge in [0.25, 0.3) is 0 Å². The van der Waals surface area contributed by atoms with Gasteiger partial charge in [-0.3, -0.25) is 4.79 Å². The Labute approximate surface area is 166 Å². The van der Waals surface area contributed by atoms with Crippen molar-refractivity contribution in [1.29, 1.82) is 0 Å². The first kappa shape index (κ1) is 35.1. The van der Waals surface area contributed by atoms with E-state index in [9.17, 15) is 30.0 Å². The average Bonchev–Trinajstić information content (AvgIpc) is 2.07. The molecule has 0 spiro atoms. The number of carboxylic acids is 1. The van der Waals surface area contributed by atoms with Crippen LogP contribution in [0.15, 0.2) is 0 Å². The molecular formula is C17H34O6Zr. The van der Waals surface area contributed by atoms with Crippen molar-refractivity contribution < 1.29 is 56.2 Å². The van der Waals surface area contributed by atoms with Crippen LogP contribution in [0.25, 0.3) is 0 Å². The van der Waals surface area contributed by atoms with Gasteiger partial charge in [0.05, 0.1) is 0 Å². The van der Waals surface area contributed by atoms with Crippen LogP contribution >= 0.6 is 0 Å². The molecular weight excluding hydrogens is 391 g/mol. The van der Waals surface area contributed by atoms with Gasteiger partial charge in [-0.05, 0) is 5.41 Å². The molecule has 0 aromatic carbocycles. The molecule has 6 nitrogen and oxygen atoms in total. The van der Waals surface area contributed by atoms with E-state index in [4.69, 9.17) is 0 Å². The summed E-state index contributed by atoms with van der Waals surface area (Å²) in [6.07, 6.45) is -1.42. The van der Waals surface area contributed by atoms with Crippen molar-refractivity contribution in [3.63, 3.8) is 0 Å². The first-order valence-corrected chi connectivity index (χ1v) is 7.70. The van der Waals surface area contributed by atoms with E-state index in [1.165, 1.54) is 0 Å². The molecule has 0 aliphatic carbocycles. The molecule has 142 valence electrons. The van der Waals surface area contributed by atoms with Crippen LogP contribution in [-0.4, -0.2) is 30.1 Å². The van der Waals surface area contributed by atoms with Gasteiger partial charge in [-0.1, -0.05) is 62.3 Å². The first-order valence-electron chi connectivity index (χ1n) is 7.70. The second-order valence-electron chi connectivity index (χ2n) is 6.97. The van der Waals surface area contributed by atoms with Crippen molar-refractivity contribution >= 4 is 11.8 Å². The molecule has 0 aliphatic rings. The third kappa shape index (κ3) is 121. The van der Waals surface area contributed by atoms with Crippen LogP contribution in [0, 0.1) is 5.41 Å². The maximum absolute atomic E-state index is 10.8. The Bertz CT molecular complexity index is 261. The number of Topliss-reactive ketones (excluding diaryl/α,β-unsaturated/α-hetero) is 1. The molecule has 0 fully saturated rings. The Morgan fingerprint density at radius 2 is 1.00 bits per heavy atom. The van der Waals surface area contributed by atoms with Gasteiger partial charge in [0.15, 0.2) is 0 Å². The first-order chi connectivity index (χ1) is 10.0. The van der Waals surface area contributed by atoms with Crippen LogP contribution in [0.2, 0.25) is 0 Å². The molecule has 0 unspecified atom stereocenters. The van der Waals surface area contributed by atoms with Gasteiger partial charge in [0, 0.05) is 18.8 Å². The number of hydrogen-bond donors (Lipinski definition) is 0. The van der Waals surface area contributed by atoms with Crippen molar-refractivity contribution in [2.45, 2.75) is 93.5 Å². The Hall–Kier alpha value is -0.0969. The number of ketones is 1. The Morgan fingerprint density at radius 3 is 1.12 bits per heavy atom. The Kier molecular flexibility index (Phi) is 30.6. The van der Waals surface area contributed by atoms with E-state index in [1.807, 2.05) is 20.8 Å².